The molecule has 0 spiro atoms. The van der Waals surface area contributed by atoms with Crippen LogP contribution in [0.1, 0.15) is 13.3 Å². The molecular formula is C8H16FN. The molecule has 1 nitrogen and oxygen atoms in total. The molecule has 0 saturated carbocycles. The fourth-order valence-corrected chi connectivity index (χ4v) is 1.63. The van der Waals surface area contributed by atoms with Gasteiger partial charge in [-0.1, -0.05) is 6.92 Å². The summed E-state index contributed by atoms with van der Waals surface area (Å²) >= 11 is 0. The predicted octanol–water partition coefficient (Wildman–Crippen LogP) is 1.54. The van der Waals surface area contributed by atoms with Crippen LogP contribution >= 0.6 is 0 Å². The molecule has 1 aliphatic heterocycles. The Kier molecular flexibility index (Phi) is 2.66. The summed E-state index contributed by atoms with van der Waals surface area (Å²) in [6.07, 6.45) is 1.04. The van der Waals surface area contributed by atoms with Crippen molar-refractivity contribution in [1.82, 2.24) is 4.90 Å². The molecule has 10 heavy (non-hydrogen) atoms. The lowest BCUT2D eigenvalue weighted by atomic mass is 9.88. The highest BCUT2D eigenvalue weighted by Gasteiger charge is 2.23. The zero-order valence-corrected chi connectivity index (χ0v) is 6.81. The molecule has 1 aliphatic rings. The topological polar surface area (TPSA) is 3.24 Å². The predicted molar refractivity (Wildman–Crippen MR) is 40.7 cm³/mol. The number of likely N-dealkylation sites (tertiary alicyclic amines) is 1. The van der Waals surface area contributed by atoms with Gasteiger partial charge in [-0.2, -0.15) is 0 Å². The standard InChI is InChI=1S/C8H16FN/c1-7-6-10(2)4-3-8(7)5-9/h7-8H,3-6H2,1-2H3/t7?,8-/m1/s1. The summed E-state index contributed by atoms with van der Waals surface area (Å²) in [6, 6.07) is 0. The molecule has 1 fully saturated rings. The van der Waals surface area contributed by atoms with Crippen LogP contribution in [0.3, 0.4) is 0 Å². The van der Waals surface area contributed by atoms with Gasteiger partial charge in [0, 0.05) is 6.54 Å². The molecule has 1 saturated heterocycles. The van der Waals surface area contributed by atoms with Crippen molar-refractivity contribution in [2.45, 2.75) is 13.3 Å². The Hall–Kier alpha value is -0.110. The third kappa shape index (κ3) is 1.69. The molecule has 1 rings (SSSR count). The average Bonchev–Trinajstić information content (AvgIpc) is 1.88. The minimum absolute atomic E-state index is 0.130. The summed E-state index contributed by atoms with van der Waals surface area (Å²) in [4.78, 5) is 2.27. The van der Waals surface area contributed by atoms with Crippen molar-refractivity contribution < 1.29 is 4.39 Å². The Morgan fingerprint density at radius 1 is 1.60 bits per heavy atom. The van der Waals surface area contributed by atoms with Crippen LogP contribution in [0.15, 0.2) is 0 Å². The number of hydrogen-bond acceptors (Lipinski definition) is 1. The van der Waals surface area contributed by atoms with Crippen molar-refractivity contribution in [2.75, 3.05) is 26.8 Å². The first-order valence-corrected chi connectivity index (χ1v) is 3.98. The maximum Gasteiger partial charge on any atom is 0.0926 e. The lowest BCUT2D eigenvalue weighted by Gasteiger charge is -2.33. The van der Waals surface area contributed by atoms with E-state index in [1.54, 1.807) is 0 Å². The van der Waals surface area contributed by atoms with Gasteiger partial charge in [-0.3, -0.25) is 4.39 Å². The van der Waals surface area contributed by atoms with Gasteiger partial charge in [-0.25, -0.2) is 0 Å². The summed E-state index contributed by atoms with van der Waals surface area (Å²) in [5.74, 6) is 0.875. The van der Waals surface area contributed by atoms with Crippen LogP contribution < -0.4 is 0 Å². The van der Waals surface area contributed by atoms with Gasteiger partial charge in [-0.15, -0.1) is 0 Å². The minimum atomic E-state index is -0.130. The number of halogens is 1. The number of nitrogens with zero attached hydrogens (tertiary/aromatic N) is 1. The van der Waals surface area contributed by atoms with Gasteiger partial charge in [-0.05, 0) is 31.8 Å². The molecule has 0 bridgehead atoms. The normalized spacial score (nSPS) is 36.3. The Labute approximate surface area is 62.2 Å². The van der Waals surface area contributed by atoms with E-state index in [0.717, 1.165) is 19.5 Å². The van der Waals surface area contributed by atoms with Crippen molar-refractivity contribution in [1.29, 1.82) is 0 Å². The SMILES string of the molecule is CC1CN(C)CC[C@@H]1CF. The van der Waals surface area contributed by atoms with Crippen LogP contribution in [0.5, 0.6) is 0 Å². The second-order valence-electron chi connectivity index (χ2n) is 3.44. The summed E-state index contributed by atoms with van der Waals surface area (Å²) in [6.45, 7) is 4.14. The molecule has 1 heterocycles. The Bertz CT molecular complexity index is 105. The van der Waals surface area contributed by atoms with Crippen LogP contribution in [0.25, 0.3) is 0 Å². The van der Waals surface area contributed by atoms with Gasteiger partial charge in [0.15, 0.2) is 0 Å². The molecule has 2 atom stereocenters. The van der Waals surface area contributed by atoms with Crippen molar-refractivity contribution in [3.63, 3.8) is 0 Å². The Morgan fingerprint density at radius 3 is 2.80 bits per heavy atom. The second-order valence-corrected chi connectivity index (χ2v) is 3.44. The maximum atomic E-state index is 12.2. The van der Waals surface area contributed by atoms with Crippen molar-refractivity contribution in [3.05, 3.63) is 0 Å². The highest BCUT2D eigenvalue weighted by molar-refractivity contribution is 4.75. The lowest BCUT2D eigenvalue weighted by molar-refractivity contribution is 0.133. The summed E-state index contributed by atoms with van der Waals surface area (Å²) in [7, 11) is 2.10. The van der Waals surface area contributed by atoms with Gasteiger partial charge in [0.25, 0.3) is 0 Å². The largest absolute Gasteiger partial charge is 0.306 e. The van der Waals surface area contributed by atoms with Crippen LogP contribution in [0.2, 0.25) is 0 Å². The summed E-state index contributed by atoms with van der Waals surface area (Å²) in [5.41, 5.74) is 0. The lowest BCUT2D eigenvalue weighted by Crippen LogP contribution is -2.37. The molecule has 0 radical (unpaired) electrons. The molecule has 2 heteroatoms. The van der Waals surface area contributed by atoms with E-state index in [2.05, 4.69) is 18.9 Å². The number of piperidine rings is 1. The molecule has 60 valence electrons. The minimum Gasteiger partial charge on any atom is -0.306 e. The molecule has 0 aromatic rings. The van der Waals surface area contributed by atoms with E-state index in [9.17, 15) is 4.39 Å². The van der Waals surface area contributed by atoms with Crippen LogP contribution in [0.4, 0.5) is 4.39 Å². The number of rotatable bonds is 1. The highest BCUT2D eigenvalue weighted by Crippen LogP contribution is 2.22. The van der Waals surface area contributed by atoms with E-state index >= 15 is 0 Å². The van der Waals surface area contributed by atoms with Gasteiger partial charge < -0.3 is 4.90 Å². The van der Waals surface area contributed by atoms with E-state index in [4.69, 9.17) is 0 Å². The first kappa shape index (κ1) is 7.99. The van der Waals surface area contributed by atoms with E-state index in [0.29, 0.717) is 11.8 Å². The van der Waals surface area contributed by atoms with Gasteiger partial charge in [0.05, 0.1) is 6.67 Å². The Balaban J connectivity index is 2.36. The molecule has 0 aliphatic carbocycles. The second kappa shape index (κ2) is 3.33. The molecule has 1 unspecified atom stereocenters. The zero-order chi connectivity index (χ0) is 7.56. The summed E-state index contributed by atoms with van der Waals surface area (Å²) in [5, 5.41) is 0. The zero-order valence-electron chi connectivity index (χ0n) is 6.81. The van der Waals surface area contributed by atoms with E-state index in [-0.39, 0.29) is 6.67 Å². The van der Waals surface area contributed by atoms with E-state index < -0.39 is 0 Å². The monoisotopic (exact) mass is 145 g/mol. The smallest absolute Gasteiger partial charge is 0.0926 e. The van der Waals surface area contributed by atoms with Gasteiger partial charge >= 0.3 is 0 Å². The molecule has 0 aromatic carbocycles. The number of hydrogen-bond donors (Lipinski definition) is 0. The average molecular weight is 145 g/mol. The first-order valence-electron chi connectivity index (χ1n) is 3.98. The highest BCUT2D eigenvalue weighted by atomic mass is 19.1. The van der Waals surface area contributed by atoms with Crippen molar-refractivity contribution >= 4 is 0 Å². The van der Waals surface area contributed by atoms with Crippen molar-refractivity contribution in [2.24, 2.45) is 11.8 Å². The molecule has 0 N–H and O–H groups in total. The van der Waals surface area contributed by atoms with Gasteiger partial charge in [0.2, 0.25) is 0 Å². The van der Waals surface area contributed by atoms with E-state index in [1.807, 2.05) is 0 Å². The summed E-state index contributed by atoms with van der Waals surface area (Å²) < 4.78 is 12.2. The number of alkyl halides is 1. The van der Waals surface area contributed by atoms with Crippen molar-refractivity contribution in [3.8, 4) is 0 Å². The fourth-order valence-electron chi connectivity index (χ4n) is 1.63. The van der Waals surface area contributed by atoms with Crippen LogP contribution in [-0.2, 0) is 0 Å². The maximum absolute atomic E-state index is 12.2. The van der Waals surface area contributed by atoms with E-state index in [1.165, 1.54) is 0 Å². The first-order chi connectivity index (χ1) is 4.74. The molecular weight excluding hydrogens is 129 g/mol. The van der Waals surface area contributed by atoms with Crippen LogP contribution in [0, 0.1) is 11.8 Å². The molecule has 0 aromatic heterocycles. The van der Waals surface area contributed by atoms with Crippen LogP contribution in [-0.4, -0.2) is 31.7 Å². The third-order valence-corrected chi connectivity index (χ3v) is 2.48. The third-order valence-electron chi connectivity index (χ3n) is 2.48. The molecule has 0 amide bonds. The fraction of sp³-hybridized carbons (Fsp3) is 1.00. The van der Waals surface area contributed by atoms with Gasteiger partial charge in [0.1, 0.15) is 0 Å². The Morgan fingerprint density at radius 2 is 2.30 bits per heavy atom. The quantitative estimate of drug-likeness (QED) is 0.541.